The van der Waals surface area contributed by atoms with Gasteiger partial charge in [0.1, 0.15) is 0 Å². The summed E-state index contributed by atoms with van der Waals surface area (Å²) >= 11 is 7.70. The Balaban J connectivity index is 2.23. The lowest BCUT2D eigenvalue weighted by Crippen LogP contribution is -1.94. The van der Waals surface area contributed by atoms with E-state index >= 15 is 0 Å². The third-order valence-corrected chi connectivity index (χ3v) is 3.38. The van der Waals surface area contributed by atoms with Gasteiger partial charge in [-0.2, -0.15) is 0 Å². The molecule has 0 atom stereocenters. The van der Waals surface area contributed by atoms with Crippen molar-refractivity contribution in [2.24, 2.45) is 0 Å². The summed E-state index contributed by atoms with van der Waals surface area (Å²) in [4.78, 5) is 12.7. The minimum Gasteiger partial charge on any atom is -0.289 e. The molecule has 2 aromatic carbocycles. The van der Waals surface area contributed by atoms with Crippen LogP contribution in [0.25, 0.3) is 4.91 Å². The van der Waals surface area contributed by atoms with Crippen molar-refractivity contribution in [3.05, 3.63) is 76.3 Å². The van der Waals surface area contributed by atoms with Crippen LogP contribution >= 0.6 is 28.6 Å². The second-order valence-corrected chi connectivity index (χ2v) is 5.16. The summed E-state index contributed by atoms with van der Waals surface area (Å²) in [7, 11) is 0. The lowest BCUT2D eigenvalue weighted by Gasteiger charge is -2.00. The van der Waals surface area contributed by atoms with Gasteiger partial charge in [-0.05, 0) is 35.9 Å². The van der Waals surface area contributed by atoms with Crippen LogP contribution in [-0.4, -0.2) is 5.78 Å². The van der Waals surface area contributed by atoms with Crippen LogP contribution in [0, 0.1) is 0 Å². The topological polar surface area (TPSA) is 17.1 Å². The van der Waals surface area contributed by atoms with Crippen molar-refractivity contribution in [2.45, 2.75) is 0 Å². The van der Waals surface area contributed by atoms with Gasteiger partial charge in [0, 0.05) is 14.9 Å². The van der Waals surface area contributed by atoms with Crippen molar-refractivity contribution in [3.8, 4) is 0 Å². The van der Waals surface area contributed by atoms with E-state index in [2.05, 4.69) is 28.6 Å². The Kier molecular flexibility index (Phi) is 4.39. The van der Waals surface area contributed by atoms with Gasteiger partial charge in [-0.15, -0.1) is 12.6 Å². The molecule has 0 amide bonds. The quantitative estimate of drug-likeness (QED) is 0.497. The van der Waals surface area contributed by atoms with Gasteiger partial charge in [0.25, 0.3) is 0 Å². The molecule has 0 saturated carbocycles. The van der Waals surface area contributed by atoms with Gasteiger partial charge in [-0.3, -0.25) is 4.79 Å². The molecule has 0 aliphatic carbocycles. The molecule has 0 radical (unpaired) electrons. The van der Waals surface area contributed by atoms with E-state index in [1.54, 1.807) is 18.2 Å². The van der Waals surface area contributed by atoms with E-state index in [-0.39, 0.29) is 5.78 Å². The van der Waals surface area contributed by atoms with E-state index in [9.17, 15) is 4.79 Å². The molecule has 0 bridgehead atoms. The Labute approximate surface area is 120 Å². The Morgan fingerprint density at radius 3 is 2.17 bits per heavy atom. The monoisotopic (exact) mass is 318 g/mol. The summed E-state index contributed by atoms with van der Waals surface area (Å²) in [6.07, 6.45) is 1.54. The fourth-order valence-corrected chi connectivity index (χ4v) is 2.04. The van der Waals surface area contributed by atoms with E-state index in [1.807, 2.05) is 42.5 Å². The average Bonchev–Trinajstić information content (AvgIpc) is 2.40. The largest absolute Gasteiger partial charge is 0.289 e. The van der Waals surface area contributed by atoms with E-state index < -0.39 is 0 Å². The van der Waals surface area contributed by atoms with E-state index in [0.29, 0.717) is 10.5 Å². The number of allylic oxidation sites excluding steroid dienone is 1. The van der Waals surface area contributed by atoms with E-state index in [4.69, 9.17) is 0 Å². The van der Waals surface area contributed by atoms with Crippen molar-refractivity contribution in [3.63, 3.8) is 0 Å². The molecule has 0 fully saturated rings. The van der Waals surface area contributed by atoms with Gasteiger partial charge in [-0.1, -0.05) is 46.3 Å². The molecule has 0 aliphatic heterocycles. The number of benzene rings is 2. The summed E-state index contributed by atoms with van der Waals surface area (Å²) in [5.74, 6) is -0.0450. The molecule has 1 nitrogen and oxygen atoms in total. The van der Waals surface area contributed by atoms with Crippen molar-refractivity contribution in [2.75, 3.05) is 0 Å². The number of ketones is 1. The van der Waals surface area contributed by atoms with Crippen LogP contribution in [0.4, 0.5) is 0 Å². The number of thiol groups is 1. The molecule has 0 heterocycles. The third-order valence-electron chi connectivity index (χ3n) is 2.47. The Morgan fingerprint density at radius 1 is 0.944 bits per heavy atom. The first kappa shape index (κ1) is 13.1. The molecule has 0 aromatic heterocycles. The van der Waals surface area contributed by atoms with Crippen LogP contribution in [-0.2, 0) is 0 Å². The second-order valence-electron chi connectivity index (χ2n) is 3.77. The zero-order valence-electron chi connectivity index (χ0n) is 9.51. The normalized spacial score (nSPS) is 11.3. The number of carbonyl (C=O) groups excluding carboxylic acids is 1. The molecule has 3 heteroatoms. The maximum absolute atomic E-state index is 12.0. The standard InChI is InChI=1S/C15H11BrOS/c16-13-8-6-11(7-9-13)14(17)10-15(18)12-4-2-1-3-5-12/h1-10,18H/b15-10-. The molecular weight excluding hydrogens is 308 g/mol. The van der Waals surface area contributed by atoms with Crippen LogP contribution in [0.1, 0.15) is 15.9 Å². The number of hydrogen-bond donors (Lipinski definition) is 1. The van der Waals surface area contributed by atoms with E-state index in [1.165, 1.54) is 0 Å². The smallest absolute Gasteiger partial charge is 0.186 e. The molecule has 0 saturated heterocycles. The summed E-state index contributed by atoms with van der Waals surface area (Å²) < 4.78 is 0.956. The fourth-order valence-electron chi connectivity index (χ4n) is 1.51. The highest BCUT2D eigenvalue weighted by Crippen LogP contribution is 2.19. The molecule has 2 rings (SSSR count). The highest BCUT2D eigenvalue weighted by molar-refractivity contribution is 9.10. The van der Waals surface area contributed by atoms with Crippen LogP contribution in [0.15, 0.2) is 65.1 Å². The summed E-state index contributed by atoms with van der Waals surface area (Å²) in [5, 5.41) is 0. The van der Waals surface area contributed by atoms with Crippen molar-refractivity contribution in [1.29, 1.82) is 0 Å². The maximum Gasteiger partial charge on any atom is 0.186 e. The molecule has 0 spiro atoms. The van der Waals surface area contributed by atoms with Gasteiger partial charge in [0.05, 0.1) is 0 Å². The zero-order valence-corrected chi connectivity index (χ0v) is 12.0. The van der Waals surface area contributed by atoms with Crippen LogP contribution in [0.3, 0.4) is 0 Å². The first-order valence-corrected chi connectivity index (χ1v) is 6.67. The van der Waals surface area contributed by atoms with Crippen molar-refractivity contribution < 1.29 is 4.79 Å². The molecule has 0 aliphatic rings. The third kappa shape index (κ3) is 3.34. The van der Waals surface area contributed by atoms with Gasteiger partial charge in [0.2, 0.25) is 0 Å². The maximum atomic E-state index is 12.0. The number of carbonyl (C=O) groups is 1. The van der Waals surface area contributed by atoms with Crippen molar-refractivity contribution >= 4 is 39.2 Å². The molecule has 0 N–H and O–H groups in total. The van der Waals surface area contributed by atoms with Gasteiger partial charge in [0.15, 0.2) is 5.78 Å². The number of hydrogen-bond acceptors (Lipinski definition) is 2. The van der Waals surface area contributed by atoms with Crippen LogP contribution in [0.2, 0.25) is 0 Å². The summed E-state index contributed by atoms with van der Waals surface area (Å²) in [5.41, 5.74) is 1.59. The van der Waals surface area contributed by atoms with Gasteiger partial charge in [-0.25, -0.2) is 0 Å². The molecule has 2 aromatic rings. The zero-order chi connectivity index (χ0) is 13.0. The molecule has 18 heavy (non-hydrogen) atoms. The average molecular weight is 319 g/mol. The number of halogens is 1. The predicted molar refractivity (Wildman–Crippen MR) is 81.9 cm³/mol. The lowest BCUT2D eigenvalue weighted by atomic mass is 10.1. The summed E-state index contributed by atoms with van der Waals surface area (Å²) in [6.45, 7) is 0. The first-order chi connectivity index (χ1) is 8.66. The molecular formula is C15H11BrOS. The minimum absolute atomic E-state index is 0.0450. The molecule has 90 valence electrons. The van der Waals surface area contributed by atoms with Gasteiger partial charge >= 0.3 is 0 Å². The Bertz CT molecular complexity index is 573. The summed E-state index contributed by atoms with van der Waals surface area (Å²) in [6, 6.07) is 16.9. The fraction of sp³-hybridized carbons (Fsp3) is 0. The minimum atomic E-state index is -0.0450. The Morgan fingerprint density at radius 2 is 1.56 bits per heavy atom. The van der Waals surface area contributed by atoms with E-state index in [0.717, 1.165) is 10.0 Å². The van der Waals surface area contributed by atoms with Crippen LogP contribution in [0.5, 0.6) is 0 Å². The van der Waals surface area contributed by atoms with Gasteiger partial charge < -0.3 is 0 Å². The first-order valence-electron chi connectivity index (χ1n) is 5.43. The Hall–Kier alpha value is -1.32. The highest BCUT2D eigenvalue weighted by Gasteiger charge is 2.04. The SMILES string of the molecule is O=C(/C=C(\S)c1ccccc1)c1ccc(Br)cc1. The number of rotatable bonds is 3. The lowest BCUT2D eigenvalue weighted by molar-refractivity contribution is 0.104. The van der Waals surface area contributed by atoms with Crippen molar-refractivity contribution in [1.82, 2.24) is 0 Å². The molecule has 0 unspecified atom stereocenters. The predicted octanol–water partition coefficient (Wildman–Crippen LogP) is 4.60. The van der Waals surface area contributed by atoms with Crippen LogP contribution < -0.4 is 0 Å². The highest BCUT2D eigenvalue weighted by atomic mass is 79.9. The second kappa shape index (κ2) is 6.03.